The first-order valence-corrected chi connectivity index (χ1v) is 6.37. The van der Waals surface area contributed by atoms with E-state index in [1.807, 2.05) is 0 Å². The molecule has 0 bridgehead atoms. The van der Waals surface area contributed by atoms with Crippen LogP contribution in [0.5, 0.6) is 0 Å². The van der Waals surface area contributed by atoms with E-state index in [0.717, 1.165) is 25.4 Å². The molecule has 1 saturated carbocycles. The van der Waals surface area contributed by atoms with Gasteiger partial charge in [0, 0.05) is 6.54 Å². The van der Waals surface area contributed by atoms with Crippen molar-refractivity contribution in [1.29, 1.82) is 0 Å². The monoisotopic (exact) mass is 246 g/mol. The van der Waals surface area contributed by atoms with E-state index in [2.05, 4.69) is 10.6 Å². The largest absolute Gasteiger partial charge is 0.354 e. The van der Waals surface area contributed by atoms with Crippen LogP contribution in [0.1, 0.15) is 44.9 Å². The maximum atomic E-state index is 11.8. The Morgan fingerprint density at radius 2 is 1.81 bits per heavy atom. The molecule has 0 aromatic carbocycles. The van der Waals surface area contributed by atoms with Crippen molar-refractivity contribution in [3.8, 4) is 0 Å². The molecule has 0 aromatic rings. The number of hydrogen-bond donors (Lipinski definition) is 2. The summed E-state index contributed by atoms with van der Waals surface area (Å²) in [5.74, 6) is 0.971. The topological polar surface area (TPSA) is 41.1 Å². The first kappa shape index (κ1) is 13.8. The molecule has 1 heterocycles. The zero-order valence-corrected chi connectivity index (χ0v) is 10.7. The van der Waals surface area contributed by atoms with Crippen molar-refractivity contribution in [2.24, 2.45) is 5.92 Å². The molecule has 1 amide bonds. The van der Waals surface area contributed by atoms with Gasteiger partial charge in [-0.15, -0.1) is 12.4 Å². The van der Waals surface area contributed by atoms with Gasteiger partial charge in [0.1, 0.15) is 0 Å². The third kappa shape index (κ3) is 3.95. The van der Waals surface area contributed by atoms with E-state index in [0.29, 0.717) is 0 Å². The van der Waals surface area contributed by atoms with E-state index < -0.39 is 0 Å². The first-order valence-electron chi connectivity index (χ1n) is 6.37. The lowest BCUT2D eigenvalue weighted by atomic mass is 10.0. The predicted molar refractivity (Wildman–Crippen MR) is 67.9 cm³/mol. The summed E-state index contributed by atoms with van der Waals surface area (Å²) >= 11 is 0. The molecular weight excluding hydrogens is 224 g/mol. The molecule has 0 aromatic heterocycles. The normalized spacial score (nSPS) is 26.1. The maximum absolute atomic E-state index is 11.8. The minimum atomic E-state index is 0. The number of halogens is 1. The van der Waals surface area contributed by atoms with Crippen molar-refractivity contribution in [2.75, 3.05) is 13.1 Å². The number of rotatable bonds is 3. The molecule has 4 heteroatoms. The molecule has 1 aliphatic carbocycles. The van der Waals surface area contributed by atoms with Gasteiger partial charge in [-0.1, -0.05) is 19.3 Å². The number of carbonyl (C=O) groups is 1. The summed E-state index contributed by atoms with van der Waals surface area (Å²) < 4.78 is 0. The maximum Gasteiger partial charge on any atom is 0.237 e. The van der Waals surface area contributed by atoms with Crippen molar-refractivity contribution < 1.29 is 4.79 Å². The summed E-state index contributed by atoms with van der Waals surface area (Å²) in [5, 5.41) is 6.38. The fourth-order valence-electron chi connectivity index (χ4n) is 2.66. The lowest BCUT2D eigenvalue weighted by Crippen LogP contribution is -2.47. The standard InChI is InChI=1S/C12H22N2O.ClH/c15-12(11-7-3-4-8-13-11)14-9-10-5-1-2-6-10;/h10-11,13H,1-9H2,(H,14,15);1H. The average molecular weight is 247 g/mol. The number of piperidine rings is 1. The second-order valence-corrected chi connectivity index (χ2v) is 4.90. The number of carbonyl (C=O) groups excluding carboxylic acids is 1. The van der Waals surface area contributed by atoms with E-state index >= 15 is 0 Å². The van der Waals surface area contributed by atoms with Crippen LogP contribution in [0.25, 0.3) is 0 Å². The van der Waals surface area contributed by atoms with Crippen LogP contribution in [-0.2, 0) is 4.79 Å². The summed E-state index contributed by atoms with van der Waals surface area (Å²) in [6, 6.07) is 0.0835. The zero-order chi connectivity index (χ0) is 10.5. The van der Waals surface area contributed by atoms with E-state index in [1.54, 1.807) is 0 Å². The Labute approximate surface area is 104 Å². The summed E-state index contributed by atoms with van der Waals surface area (Å²) in [6.07, 6.45) is 8.72. The molecule has 94 valence electrons. The van der Waals surface area contributed by atoms with Gasteiger partial charge in [0.15, 0.2) is 0 Å². The van der Waals surface area contributed by atoms with E-state index in [-0.39, 0.29) is 24.4 Å². The lowest BCUT2D eigenvalue weighted by molar-refractivity contribution is -0.123. The van der Waals surface area contributed by atoms with Crippen LogP contribution in [0.15, 0.2) is 0 Å². The number of hydrogen-bond acceptors (Lipinski definition) is 2. The minimum Gasteiger partial charge on any atom is -0.354 e. The van der Waals surface area contributed by atoms with Crippen molar-refractivity contribution in [1.82, 2.24) is 10.6 Å². The predicted octanol–water partition coefficient (Wildman–Crippen LogP) is 1.86. The molecule has 16 heavy (non-hydrogen) atoms. The van der Waals surface area contributed by atoms with E-state index in [1.165, 1.54) is 38.5 Å². The molecule has 2 rings (SSSR count). The second-order valence-electron chi connectivity index (χ2n) is 4.90. The number of nitrogens with one attached hydrogen (secondary N) is 2. The minimum absolute atomic E-state index is 0. The highest BCUT2D eigenvalue weighted by Gasteiger charge is 2.22. The molecule has 2 N–H and O–H groups in total. The number of amides is 1. The first-order chi connectivity index (χ1) is 7.36. The van der Waals surface area contributed by atoms with E-state index in [4.69, 9.17) is 0 Å². The van der Waals surface area contributed by atoms with Gasteiger partial charge in [0.2, 0.25) is 5.91 Å². The molecule has 1 saturated heterocycles. The van der Waals surface area contributed by atoms with Gasteiger partial charge in [0.25, 0.3) is 0 Å². The summed E-state index contributed by atoms with van der Waals surface area (Å²) in [7, 11) is 0. The van der Waals surface area contributed by atoms with Gasteiger partial charge >= 0.3 is 0 Å². The third-order valence-corrected chi connectivity index (χ3v) is 3.67. The Morgan fingerprint density at radius 1 is 1.12 bits per heavy atom. The molecule has 2 aliphatic rings. The van der Waals surface area contributed by atoms with E-state index in [9.17, 15) is 4.79 Å². The van der Waals surface area contributed by atoms with Crippen molar-refractivity contribution in [3.63, 3.8) is 0 Å². The van der Waals surface area contributed by atoms with Crippen LogP contribution in [-0.4, -0.2) is 25.0 Å². The lowest BCUT2D eigenvalue weighted by Gasteiger charge is -2.23. The molecular formula is C12H23ClN2O. The highest BCUT2D eigenvalue weighted by atomic mass is 35.5. The highest BCUT2D eigenvalue weighted by Crippen LogP contribution is 2.23. The van der Waals surface area contributed by atoms with Crippen molar-refractivity contribution in [3.05, 3.63) is 0 Å². The summed E-state index contributed by atoms with van der Waals surface area (Å²) in [4.78, 5) is 11.8. The van der Waals surface area contributed by atoms with Crippen LogP contribution in [0.4, 0.5) is 0 Å². The smallest absolute Gasteiger partial charge is 0.237 e. The van der Waals surface area contributed by atoms with Crippen LogP contribution in [0, 0.1) is 5.92 Å². The van der Waals surface area contributed by atoms with Gasteiger partial charge in [-0.25, -0.2) is 0 Å². The fourth-order valence-corrected chi connectivity index (χ4v) is 2.66. The van der Waals surface area contributed by atoms with Crippen LogP contribution in [0.2, 0.25) is 0 Å². The molecule has 1 aliphatic heterocycles. The van der Waals surface area contributed by atoms with Crippen LogP contribution < -0.4 is 10.6 Å². The molecule has 0 spiro atoms. The average Bonchev–Trinajstić information content (AvgIpc) is 2.80. The Morgan fingerprint density at radius 3 is 2.44 bits per heavy atom. The Bertz CT molecular complexity index is 211. The van der Waals surface area contributed by atoms with Gasteiger partial charge in [-0.2, -0.15) is 0 Å². The van der Waals surface area contributed by atoms with Crippen molar-refractivity contribution >= 4 is 18.3 Å². The van der Waals surface area contributed by atoms with Gasteiger partial charge in [0.05, 0.1) is 6.04 Å². The molecule has 3 nitrogen and oxygen atoms in total. The van der Waals surface area contributed by atoms with Gasteiger partial charge in [-0.3, -0.25) is 4.79 Å². The molecule has 1 atom stereocenters. The van der Waals surface area contributed by atoms with Crippen molar-refractivity contribution in [2.45, 2.75) is 51.0 Å². The molecule has 1 unspecified atom stereocenters. The molecule has 2 fully saturated rings. The Hall–Kier alpha value is -0.280. The van der Waals surface area contributed by atoms with Gasteiger partial charge < -0.3 is 10.6 Å². The summed E-state index contributed by atoms with van der Waals surface area (Å²) in [5.41, 5.74) is 0. The highest BCUT2D eigenvalue weighted by molar-refractivity contribution is 5.85. The summed E-state index contributed by atoms with van der Waals surface area (Å²) in [6.45, 7) is 1.90. The Kier molecular flexibility index (Phi) is 6.14. The SMILES string of the molecule is Cl.O=C(NCC1CCCC1)C1CCCCN1. The third-order valence-electron chi connectivity index (χ3n) is 3.67. The zero-order valence-electron chi connectivity index (χ0n) is 9.84. The van der Waals surface area contributed by atoms with Crippen LogP contribution in [0.3, 0.4) is 0 Å². The fraction of sp³-hybridized carbons (Fsp3) is 0.917. The quantitative estimate of drug-likeness (QED) is 0.798. The molecule has 0 radical (unpaired) electrons. The Balaban J connectivity index is 0.00000128. The van der Waals surface area contributed by atoms with Gasteiger partial charge in [-0.05, 0) is 38.1 Å². The second kappa shape index (κ2) is 7.13. The van der Waals surface area contributed by atoms with Crippen LogP contribution >= 0.6 is 12.4 Å².